The Bertz CT molecular complexity index is 1170. The van der Waals surface area contributed by atoms with E-state index in [-0.39, 0.29) is 18.0 Å². The second-order valence-corrected chi connectivity index (χ2v) is 7.46. The third-order valence-electron chi connectivity index (χ3n) is 4.64. The van der Waals surface area contributed by atoms with Crippen molar-refractivity contribution in [2.45, 2.75) is 0 Å². The molecule has 3 aromatic carbocycles. The number of esters is 1. The summed E-state index contributed by atoms with van der Waals surface area (Å²) >= 11 is 3.30. The number of Topliss-reactive ketones (excluding diaryl/α,β-unsaturated/α-hetero) is 1. The molecule has 0 aromatic heterocycles. The number of ketones is 1. The first-order chi connectivity index (χ1) is 14.5. The first-order valence-electron chi connectivity index (χ1n) is 8.99. The molecule has 4 rings (SSSR count). The Kier molecular flexibility index (Phi) is 5.29. The van der Waals surface area contributed by atoms with Crippen LogP contribution in [0.25, 0.3) is 0 Å². The van der Waals surface area contributed by atoms with Crippen molar-refractivity contribution in [1.29, 1.82) is 0 Å². The molecule has 1 aliphatic rings. The quantitative estimate of drug-likeness (QED) is 0.320. The van der Waals surface area contributed by atoms with E-state index in [9.17, 15) is 19.2 Å². The Morgan fingerprint density at radius 1 is 0.800 bits per heavy atom. The number of amides is 2. The van der Waals surface area contributed by atoms with Gasteiger partial charge in [0.25, 0.3) is 11.8 Å². The number of imide groups is 1. The SMILES string of the molecule is O=C(COC(=O)c1ccc(N2C(=O)c3ccc(Br)cc3C2=O)cc1)c1ccccc1. The van der Waals surface area contributed by atoms with Gasteiger partial charge in [0, 0.05) is 10.0 Å². The number of ether oxygens (including phenoxy) is 1. The van der Waals surface area contributed by atoms with E-state index in [0.29, 0.717) is 26.9 Å². The second kappa shape index (κ2) is 8.04. The van der Waals surface area contributed by atoms with Crippen LogP contribution in [-0.2, 0) is 4.74 Å². The molecular formula is C23H14BrNO5. The van der Waals surface area contributed by atoms with E-state index >= 15 is 0 Å². The van der Waals surface area contributed by atoms with Gasteiger partial charge in [-0.3, -0.25) is 14.4 Å². The largest absolute Gasteiger partial charge is 0.454 e. The van der Waals surface area contributed by atoms with Crippen LogP contribution in [-0.4, -0.2) is 30.2 Å². The average Bonchev–Trinajstić information content (AvgIpc) is 3.02. The van der Waals surface area contributed by atoms with Crippen LogP contribution in [0.1, 0.15) is 41.4 Å². The molecule has 3 aromatic rings. The van der Waals surface area contributed by atoms with Crippen molar-refractivity contribution in [1.82, 2.24) is 0 Å². The number of nitrogens with zero attached hydrogens (tertiary/aromatic N) is 1. The Morgan fingerprint density at radius 3 is 2.17 bits per heavy atom. The lowest BCUT2D eigenvalue weighted by Gasteiger charge is -2.14. The van der Waals surface area contributed by atoms with Gasteiger partial charge in [-0.25, -0.2) is 9.69 Å². The van der Waals surface area contributed by atoms with Crippen LogP contribution in [0.15, 0.2) is 77.3 Å². The lowest BCUT2D eigenvalue weighted by atomic mass is 10.1. The molecule has 1 heterocycles. The molecule has 148 valence electrons. The molecule has 0 spiro atoms. The predicted molar refractivity (Wildman–Crippen MR) is 113 cm³/mol. The first-order valence-corrected chi connectivity index (χ1v) is 9.79. The number of carbonyl (C=O) groups excluding carboxylic acids is 4. The number of anilines is 1. The van der Waals surface area contributed by atoms with Crippen LogP contribution in [0, 0.1) is 0 Å². The minimum Gasteiger partial charge on any atom is -0.454 e. The summed E-state index contributed by atoms with van der Waals surface area (Å²) in [5, 5.41) is 0. The van der Waals surface area contributed by atoms with Gasteiger partial charge in [-0.2, -0.15) is 0 Å². The Morgan fingerprint density at radius 2 is 1.47 bits per heavy atom. The van der Waals surface area contributed by atoms with Crippen molar-refractivity contribution >= 4 is 45.2 Å². The topological polar surface area (TPSA) is 80.8 Å². The second-order valence-electron chi connectivity index (χ2n) is 6.55. The zero-order chi connectivity index (χ0) is 21.3. The Balaban J connectivity index is 1.45. The standard InChI is InChI=1S/C23H14BrNO5/c24-16-8-11-18-19(12-16)22(28)25(21(18)27)17-9-6-15(7-10-17)23(29)30-13-20(26)14-4-2-1-3-5-14/h1-12H,13H2. The summed E-state index contributed by atoms with van der Waals surface area (Å²) in [6.45, 7) is -0.377. The van der Waals surface area contributed by atoms with Crippen LogP contribution in [0.2, 0.25) is 0 Å². The number of halogens is 1. The lowest BCUT2D eigenvalue weighted by molar-refractivity contribution is 0.0474. The van der Waals surface area contributed by atoms with Gasteiger partial charge in [0.05, 0.1) is 22.4 Å². The fraction of sp³-hybridized carbons (Fsp3) is 0.0435. The number of benzene rings is 3. The molecule has 0 bridgehead atoms. The molecule has 0 aliphatic carbocycles. The number of hydrogen-bond donors (Lipinski definition) is 0. The van der Waals surface area contributed by atoms with E-state index in [4.69, 9.17) is 4.74 Å². The summed E-state index contributed by atoms with van der Waals surface area (Å²) in [7, 11) is 0. The van der Waals surface area contributed by atoms with E-state index in [1.165, 1.54) is 24.3 Å². The van der Waals surface area contributed by atoms with Crippen molar-refractivity contribution in [3.05, 3.63) is 99.5 Å². The van der Waals surface area contributed by atoms with Crippen LogP contribution in [0.4, 0.5) is 5.69 Å². The molecule has 0 unspecified atom stereocenters. The van der Waals surface area contributed by atoms with E-state index in [1.807, 2.05) is 0 Å². The zero-order valence-corrected chi connectivity index (χ0v) is 17.1. The average molecular weight is 464 g/mol. The molecular weight excluding hydrogens is 450 g/mol. The molecule has 0 fully saturated rings. The fourth-order valence-corrected chi connectivity index (χ4v) is 3.48. The summed E-state index contributed by atoms with van der Waals surface area (Å²) in [6, 6.07) is 19.3. The number of hydrogen-bond acceptors (Lipinski definition) is 5. The molecule has 0 saturated heterocycles. The highest BCUT2D eigenvalue weighted by Gasteiger charge is 2.36. The maximum atomic E-state index is 12.6. The van der Waals surface area contributed by atoms with Gasteiger partial charge in [-0.1, -0.05) is 46.3 Å². The number of rotatable bonds is 5. The van der Waals surface area contributed by atoms with Gasteiger partial charge in [-0.05, 0) is 42.5 Å². The van der Waals surface area contributed by atoms with Crippen molar-refractivity contribution < 1.29 is 23.9 Å². The van der Waals surface area contributed by atoms with Crippen LogP contribution < -0.4 is 4.90 Å². The van der Waals surface area contributed by atoms with Gasteiger partial charge in [0.2, 0.25) is 0 Å². The van der Waals surface area contributed by atoms with Gasteiger partial charge < -0.3 is 4.74 Å². The Labute approximate surface area is 180 Å². The van der Waals surface area contributed by atoms with Crippen LogP contribution >= 0.6 is 15.9 Å². The molecule has 2 amide bonds. The predicted octanol–water partition coefficient (Wildman–Crippen LogP) is 4.29. The van der Waals surface area contributed by atoms with Crippen molar-refractivity contribution in [2.24, 2.45) is 0 Å². The van der Waals surface area contributed by atoms with E-state index in [1.54, 1.807) is 48.5 Å². The van der Waals surface area contributed by atoms with Gasteiger partial charge >= 0.3 is 5.97 Å². The summed E-state index contributed by atoms with van der Waals surface area (Å²) in [5.74, 6) is -1.83. The fourth-order valence-electron chi connectivity index (χ4n) is 3.12. The lowest BCUT2D eigenvalue weighted by Crippen LogP contribution is -2.29. The summed E-state index contributed by atoms with van der Waals surface area (Å²) in [4.78, 5) is 50.6. The van der Waals surface area contributed by atoms with Gasteiger partial charge in [-0.15, -0.1) is 0 Å². The molecule has 0 atom stereocenters. The molecule has 0 radical (unpaired) electrons. The van der Waals surface area contributed by atoms with Crippen LogP contribution in [0.5, 0.6) is 0 Å². The third kappa shape index (κ3) is 3.67. The van der Waals surface area contributed by atoms with Gasteiger partial charge in [0.1, 0.15) is 0 Å². The molecule has 7 heteroatoms. The summed E-state index contributed by atoms with van der Waals surface area (Å²) < 4.78 is 5.78. The highest BCUT2D eigenvalue weighted by Crippen LogP contribution is 2.30. The smallest absolute Gasteiger partial charge is 0.338 e. The summed E-state index contributed by atoms with van der Waals surface area (Å²) in [6.07, 6.45) is 0. The van der Waals surface area contributed by atoms with E-state index in [2.05, 4.69) is 15.9 Å². The van der Waals surface area contributed by atoms with Crippen molar-refractivity contribution in [2.75, 3.05) is 11.5 Å². The third-order valence-corrected chi connectivity index (χ3v) is 5.13. The minimum absolute atomic E-state index is 0.207. The van der Waals surface area contributed by atoms with Crippen LogP contribution in [0.3, 0.4) is 0 Å². The molecule has 0 N–H and O–H groups in total. The molecule has 1 aliphatic heterocycles. The minimum atomic E-state index is -0.669. The molecule has 30 heavy (non-hydrogen) atoms. The summed E-state index contributed by atoms with van der Waals surface area (Å²) in [5.41, 5.74) is 1.65. The van der Waals surface area contributed by atoms with Crippen molar-refractivity contribution in [3.8, 4) is 0 Å². The molecule has 6 nitrogen and oxygen atoms in total. The number of carbonyl (C=O) groups is 4. The highest BCUT2D eigenvalue weighted by atomic mass is 79.9. The molecule has 0 saturated carbocycles. The normalized spacial score (nSPS) is 12.6. The monoisotopic (exact) mass is 463 g/mol. The van der Waals surface area contributed by atoms with Gasteiger partial charge in [0.15, 0.2) is 12.4 Å². The van der Waals surface area contributed by atoms with Crippen molar-refractivity contribution in [3.63, 3.8) is 0 Å². The number of fused-ring (bicyclic) bond motifs is 1. The maximum absolute atomic E-state index is 12.6. The highest BCUT2D eigenvalue weighted by molar-refractivity contribution is 9.10. The van der Waals surface area contributed by atoms with E-state index < -0.39 is 17.8 Å². The van der Waals surface area contributed by atoms with E-state index in [0.717, 1.165) is 4.90 Å². The first kappa shape index (κ1) is 19.7. The zero-order valence-electron chi connectivity index (χ0n) is 15.5. The Hall–Kier alpha value is -3.58. The maximum Gasteiger partial charge on any atom is 0.338 e.